The zero-order valence-electron chi connectivity index (χ0n) is 32.5. The number of allylic oxidation sites excluding steroid dienone is 16. The fraction of sp³-hybridized carbons (Fsp3) is 0.600. The van der Waals surface area contributed by atoms with Crippen molar-refractivity contribution in [1.82, 2.24) is 0 Å². The van der Waals surface area contributed by atoms with Crippen molar-refractivity contribution < 1.29 is 27.7 Å². The van der Waals surface area contributed by atoms with Crippen LogP contribution in [-0.2, 0) is 27.7 Å². The standard InChI is InChI=1S/2C20H30ClSi.Hg/c2*1-11-12(2)16(6)19(9,15(11)5)22(21)20(10)17(7)13(3)14(4)18(20)8;/h2*1-10H3;. The second-order valence-corrected chi connectivity index (χ2v) is 22.7. The van der Waals surface area contributed by atoms with E-state index in [4.69, 9.17) is 22.2 Å². The van der Waals surface area contributed by atoms with Gasteiger partial charge in [0.2, 0.25) is 0 Å². The quantitative estimate of drug-likeness (QED) is 0.195. The Balaban J connectivity index is 0.000000307. The molecule has 0 saturated heterocycles. The third-order valence-electron chi connectivity index (χ3n) is 14.5. The maximum atomic E-state index is 7.38. The Labute approximate surface area is 311 Å². The average molecular weight is 869 g/mol. The van der Waals surface area contributed by atoms with Gasteiger partial charge in [-0.05, 0) is 155 Å². The maximum absolute atomic E-state index is 7.38. The van der Waals surface area contributed by atoms with Crippen molar-refractivity contribution in [3.05, 3.63) is 89.2 Å². The minimum Gasteiger partial charge on any atom is -0.166 e. The van der Waals surface area contributed by atoms with E-state index >= 15 is 0 Å². The Morgan fingerprint density at radius 3 is 0.467 bits per heavy atom. The summed E-state index contributed by atoms with van der Waals surface area (Å²) < 4.78 is 0. The summed E-state index contributed by atoms with van der Waals surface area (Å²) in [6, 6.07) is 0. The smallest absolute Gasteiger partial charge is 0.166 e. The largest absolute Gasteiger partial charge is 0.194 e. The van der Waals surface area contributed by atoms with E-state index in [-0.39, 0.29) is 47.8 Å². The van der Waals surface area contributed by atoms with Crippen molar-refractivity contribution >= 4 is 38.4 Å². The van der Waals surface area contributed by atoms with Gasteiger partial charge in [-0.25, -0.2) is 0 Å². The monoisotopic (exact) mass is 868 g/mol. The zero-order valence-corrected chi connectivity index (χ0v) is 41.5. The molecular formula is C40H60Cl2HgSi2. The van der Waals surface area contributed by atoms with Crippen molar-refractivity contribution in [3.63, 3.8) is 0 Å². The van der Waals surface area contributed by atoms with Crippen molar-refractivity contribution in [2.45, 2.75) is 159 Å². The second kappa shape index (κ2) is 13.3. The molecule has 0 bridgehead atoms. The van der Waals surface area contributed by atoms with E-state index in [0.717, 1.165) is 0 Å². The molecule has 5 heteroatoms. The fourth-order valence-corrected chi connectivity index (χ4v) is 18.2. The van der Waals surface area contributed by atoms with E-state index in [1.54, 1.807) is 0 Å². The summed E-state index contributed by atoms with van der Waals surface area (Å²) in [7, 11) is -2.45. The zero-order chi connectivity index (χ0) is 34.4. The molecule has 0 unspecified atom stereocenters. The van der Waals surface area contributed by atoms with Crippen LogP contribution in [0.3, 0.4) is 0 Å². The molecule has 0 fully saturated rings. The Morgan fingerprint density at radius 2 is 0.378 bits per heavy atom. The Bertz CT molecular complexity index is 1250. The van der Waals surface area contributed by atoms with Gasteiger partial charge in [-0.1, -0.05) is 72.3 Å². The predicted octanol–water partition coefficient (Wildman–Crippen LogP) is 14.2. The molecule has 244 valence electrons. The van der Waals surface area contributed by atoms with Crippen LogP contribution in [0.4, 0.5) is 0 Å². The third-order valence-corrected chi connectivity index (χ3v) is 25.6. The Hall–Kier alpha value is -0.131. The summed E-state index contributed by atoms with van der Waals surface area (Å²) in [5, 5.41) is 0.121. The van der Waals surface area contributed by atoms with Gasteiger partial charge in [0.15, 0.2) is 16.2 Å². The van der Waals surface area contributed by atoms with Gasteiger partial charge in [0.1, 0.15) is 0 Å². The number of rotatable bonds is 4. The van der Waals surface area contributed by atoms with Gasteiger partial charge in [0.25, 0.3) is 0 Å². The van der Waals surface area contributed by atoms with Crippen molar-refractivity contribution in [2.75, 3.05) is 0 Å². The predicted molar refractivity (Wildman–Crippen MR) is 204 cm³/mol. The third kappa shape index (κ3) is 5.35. The Morgan fingerprint density at radius 1 is 0.289 bits per heavy atom. The van der Waals surface area contributed by atoms with Crippen LogP contribution in [0.1, 0.15) is 138 Å². The van der Waals surface area contributed by atoms with E-state index < -0.39 is 16.2 Å². The van der Waals surface area contributed by atoms with Gasteiger partial charge < -0.3 is 0 Å². The summed E-state index contributed by atoms with van der Waals surface area (Å²) >= 11 is 14.8. The molecule has 0 aromatic heterocycles. The molecule has 0 aromatic rings. The molecule has 0 saturated carbocycles. The van der Waals surface area contributed by atoms with Gasteiger partial charge >= 0.3 is 0 Å². The minimum absolute atomic E-state index is 0. The first-order valence-electron chi connectivity index (χ1n) is 16.4. The van der Waals surface area contributed by atoms with E-state index in [1.165, 1.54) is 89.2 Å². The normalized spacial score (nSPS) is 24.0. The summed E-state index contributed by atoms with van der Waals surface area (Å²) in [5.41, 5.74) is 23.4. The fourth-order valence-electron chi connectivity index (χ4n) is 8.69. The van der Waals surface area contributed by atoms with Crippen molar-refractivity contribution in [3.8, 4) is 0 Å². The van der Waals surface area contributed by atoms with Gasteiger partial charge in [-0.2, -0.15) is 22.2 Å². The summed E-state index contributed by atoms with van der Waals surface area (Å²) in [5.74, 6) is 0. The first kappa shape index (κ1) is 41.0. The molecule has 4 aliphatic carbocycles. The molecule has 4 aliphatic rings. The molecule has 0 N–H and O–H groups in total. The number of hydrogen-bond donors (Lipinski definition) is 0. The maximum Gasteiger partial charge on any atom is 0.194 e. The van der Waals surface area contributed by atoms with Gasteiger partial charge in [0.05, 0.1) is 0 Å². The van der Waals surface area contributed by atoms with Crippen molar-refractivity contribution in [2.24, 2.45) is 0 Å². The van der Waals surface area contributed by atoms with E-state index in [2.05, 4.69) is 138 Å². The molecule has 0 heterocycles. The van der Waals surface area contributed by atoms with Crippen LogP contribution in [-0.4, -0.2) is 16.2 Å². The van der Waals surface area contributed by atoms with E-state index in [0.29, 0.717) is 0 Å². The minimum atomic E-state index is -1.23. The van der Waals surface area contributed by atoms with Crippen LogP contribution < -0.4 is 0 Å². The molecule has 2 radical (unpaired) electrons. The molecule has 0 nitrogen and oxygen atoms in total. The molecule has 0 aromatic carbocycles. The van der Waals surface area contributed by atoms with Crippen LogP contribution >= 0.6 is 22.2 Å². The molecule has 4 rings (SSSR count). The SMILES string of the molecule is CC1=C(C)C(C)([Si](Cl)C2(C)C(C)=C(C)C(C)=C2C)C(C)=C1C.CC1=C(C)C(C)([Si](Cl)C2(C)C(C)=C(C)C(C)=C2C)C(C)=C1C.[Hg]. The van der Waals surface area contributed by atoms with Crippen LogP contribution in [0.25, 0.3) is 0 Å². The molecule has 0 atom stereocenters. The second-order valence-electron chi connectivity index (χ2n) is 15.1. The van der Waals surface area contributed by atoms with E-state index in [9.17, 15) is 0 Å². The summed E-state index contributed by atoms with van der Waals surface area (Å²) in [6.07, 6.45) is 0. The summed E-state index contributed by atoms with van der Waals surface area (Å²) in [6.45, 7) is 45.9. The van der Waals surface area contributed by atoms with Gasteiger partial charge in [-0.15, -0.1) is 0 Å². The van der Waals surface area contributed by atoms with Gasteiger partial charge in [0, 0.05) is 47.8 Å². The van der Waals surface area contributed by atoms with Crippen LogP contribution in [0, 0.1) is 0 Å². The first-order chi connectivity index (χ1) is 19.9. The molecule has 45 heavy (non-hydrogen) atoms. The number of hydrogen-bond acceptors (Lipinski definition) is 0. The van der Waals surface area contributed by atoms with Gasteiger partial charge in [-0.3, -0.25) is 0 Å². The van der Waals surface area contributed by atoms with Crippen molar-refractivity contribution in [1.29, 1.82) is 0 Å². The first-order valence-corrected chi connectivity index (χ1v) is 21.4. The van der Waals surface area contributed by atoms with Crippen LogP contribution in [0.2, 0.25) is 20.2 Å². The Kier molecular flexibility index (Phi) is 12.1. The molecule has 0 aliphatic heterocycles. The van der Waals surface area contributed by atoms with Crippen LogP contribution in [0.5, 0.6) is 0 Å². The summed E-state index contributed by atoms with van der Waals surface area (Å²) in [4.78, 5) is 0. The average Bonchev–Trinajstić information content (AvgIpc) is 3.40. The molecule has 0 spiro atoms. The number of halogens is 2. The van der Waals surface area contributed by atoms with Crippen LogP contribution in [0.15, 0.2) is 89.2 Å². The van der Waals surface area contributed by atoms with E-state index in [1.807, 2.05) is 0 Å². The topological polar surface area (TPSA) is 0 Å². The molecule has 0 amide bonds. The molecular weight excluding hydrogens is 808 g/mol.